The molecule has 0 aromatic carbocycles. The molecule has 1 aromatic heterocycles. The lowest BCUT2D eigenvalue weighted by atomic mass is 10.0. The third-order valence-electron chi connectivity index (χ3n) is 3.85. The summed E-state index contributed by atoms with van der Waals surface area (Å²) in [5.74, 6) is 1.66. The predicted octanol–water partition coefficient (Wildman–Crippen LogP) is 1.58. The first kappa shape index (κ1) is 12.1. The largest absolute Gasteiger partial charge is 0.381 e. The van der Waals surface area contributed by atoms with Gasteiger partial charge >= 0.3 is 0 Å². The first-order chi connectivity index (χ1) is 8.78. The van der Waals surface area contributed by atoms with Crippen LogP contribution >= 0.6 is 0 Å². The minimum Gasteiger partial charge on any atom is -0.381 e. The van der Waals surface area contributed by atoms with E-state index in [-0.39, 0.29) is 6.10 Å². The van der Waals surface area contributed by atoms with E-state index in [4.69, 9.17) is 14.7 Å². The van der Waals surface area contributed by atoms with Crippen LogP contribution in [0.25, 0.3) is 0 Å². The number of hydrogen-bond acceptors (Lipinski definition) is 4. The molecule has 1 aromatic rings. The number of hydrogen-bond donors (Lipinski definition) is 1. The maximum absolute atomic E-state index is 5.32. The third kappa shape index (κ3) is 2.40. The van der Waals surface area contributed by atoms with E-state index in [1.54, 1.807) is 7.11 Å². The van der Waals surface area contributed by atoms with Gasteiger partial charge in [-0.3, -0.25) is 0 Å². The summed E-state index contributed by atoms with van der Waals surface area (Å²) in [4.78, 5) is 9.55. The van der Waals surface area contributed by atoms with Crippen LogP contribution in [0.2, 0.25) is 0 Å². The standard InChI is InChI=1S/C14H21N3O/c1-9(18-2)7-13-16-12-5-6-15-8-11(12)14(17-13)10-3-4-10/h9-10,15H,3-8H2,1-2H3. The summed E-state index contributed by atoms with van der Waals surface area (Å²) in [5, 5.41) is 3.43. The first-order valence-corrected chi connectivity index (χ1v) is 6.90. The Morgan fingerprint density at radius 2 is 2.22 bits per heavy atom. The molecule has 1 saturated carbocycles. The van der Waals surface area contributed by atoms with Gasteiger partial charge in [0.15, 0.2) is 0 Å². The van der Waals surface area contributed by atoms with Crippen LogP contribution in [0.15, 0.2) is 0 Å². The van der Waals surface area contributed by atoms with Gasteiger partial charge in [0.1, 0.15) is 5.82 Å². The van der Waals surface area contributed by atoms with Crippen molar-refractivity contribution in [1.29, 1.82) is 0 Å². The molecule has 0 amide bonds. The zero-order chi connectivity index (χ0) is 12.5. The zero-order valence-corrected chi connectivity index (χ0v) is 11.2. The summed E-state index contributed by atoms with van der Waals surface area (Å²) in [5.41, 5.74) is 3.95. The van der Waals surface area contributed by atoms with Gasteiger partial charge in [0.05, 0.1) is 17.5 Å². The highest BCUT2D eigenvalue weighted by Crippen LogP contribution is 2.41. The quantitative estimate of drug-likeness (QED) is 0.877. The fraction of sp³-hybridized carbons (Fsp3) is 0.714. The third-order valence-corrected chi connectivity index (χ3v) is 3.85. The van der Waals surface area contributed by atoms with E-state index < -0.39 is 0 Å². The second-order valence-corrected chi connectivity index (χ2v) is 5.40. The highest BCUT2D eigenvalue weighted by Gasteiger charge is 2.30. The Labute approximate surface area is 108 Å². The molecule has 1 N–H and O–H groups in total. The van der Waals surface area contributed by atoms with E-state index >= 15 is 0 Å². The molecule has 2 aliphatic rings. The van der Waals surface area contributed by atoms with Crippen molar-refractivity contribution in [3.05, 3.63) is 22.8 Å². The Hall–Kier alpha value is -1.00. The molecule has 3 rings (SSSR count). The molecule has 1 aliphatic heterocycles. The Balaban J connectivity index is 1.93. The van der Waals surface area contributed by atoms with Crippen molar-refractivity contribution in [2.75, 3.05) is 13.7 Å². The first-order valence-electron chi connectivity index (χ1n) is 6.90. The molecular formula is C14H21N3O. The van der Waals surface area contributed by atoms with Crippen LogP contribution in [0.5, 0.6) is 0 Å². The molecule has 98 valence electrons. The predicted molar refractivity (Wildman–Crippen MR) is 69.6 cm³/mol. The second kappa shape index (κ2) is 4.94. The van der Waals surface area contributed by atoms with Gasteiger partial charge in [0.2, 0.25) is 0 Å². The Morgan fingerprint density at radius 1 is 1.39 bits per heavy atom. The molecule has 0 bridgehead atoms. The van der Waals surface area contributed by atoms with E-state index in [1.165, 1.54) is 29.8 Å². The van der Waals surface area contributed by atoms with Gasteiger partial charge in [-0.15, -0.1) is 0 Å². The van der Waals surface area contributed by atoms with Crippen LogP contribution in [-0.2, 0) is 24.1 Å². The molecular weight excluding hydrogens is 226 g/mol. The Morgan fingerprint density at radius 3 is 2.94 bits per heavy atom. The van der Waals surface area contributed by atoms with E-state index in [1.807, 2.05) is 0 Å². The summed E-state index contributed by atoms with van der Waals surface area (Å²) in [6.07, 6.45) is 4.63. The summed E-state index contributed by atoms with van der Waals surface area (Å²) in [7, 11) is 1.74. The minimum atomic E-state index is 0.191. The molecule has 1 unspecified atom stereocenters. The van der Waals surface area contributed by atoms with Crippen molar-refractivity contribution in [3.63, 3.8) is 0 Å². The van der Waals surface area contributed by atoms with Crippen molar-refractivity contribution in [2.45, 2.75) is 51.2 Å². The van der Waals surface area contributed by atoms with Crippen LogP contribution in [0, 0.1) is 0 Å². The monoisotopic (exact) mass is 247 g/mol. The van der Waals surface area contributed by atoms with Gasteiger partial charge in [-0.05, 0) is 19.8 Å². The number of nitrogens with one attached hydrogen (secondary N) is 1. The van der Waals surface area contributed by atoms with Gasteiger partial charge in [-0.2, -0.15) is 0 Å². The lowest BCUT2D eigenvalue weighted by Crippen LogP contribution is -2.27. The summed E-state index contributed by atoms with van der Waals surface area (Å²) < 4.78 is 5.32. The number of rotatable bonds is 4. The molecule has 4 heteroatoms. The maximum Gasteiger partial charge on any atom is 0.131 e. The van der Waals surface area contributed by atoms with Gasteiger partial charge in [0.25, 0.3) is 0 Å². The molecule has 1 fully saturated rings. The molecule has 18 heavy (non-hydrogen) atoms. The number of aromatic nitrogens is 2. The van der Waals surface area contributed by atoms with Crippen LogP contribution in [0.3, 0.4) is 0 Å². The van der Waals surface area contributed by atoms with Crippen LogP contribution in [0.4, 0.5) is 0 Å². The molecule has 1 aliphatic carbocycles. The molecule has 0 saturated heterocycles. The average molecular weight is 247 g/mol. The summed E-state index contributed by atoms with van der Waals surface area (Å²) >= 11 is 0. The second-order valence-electron chi connectivity index (χ2n) is 5.40. The van der Waals surface area contributed by atoms with Crippen LogP contribution < -0.4 is 5.32 Å². The fourth-order valence-electron chi connectivity index (χ4n) is 2.55. The van der Waals surface area contributed by atoms with E-state index in [9.17, 15) is 0 Å². The Bertz CT molecular complexity index is 443. The van der Waals surface area contributed by atoms with Crippen molar-refractivity contribution in [1.82, 2.24) is 15.3 Å². The maximum atomic E-state index is 5.32. The topological polar surface area (TPSA) is 47.0 Å². The highest BCUT2D eigenvalue weighted by atomic mass is 16.5. The van der Waals surface area contributed by atoms with E-state index in [2.05, 4.69) is 12.2 Å². The molecule has 2 heterocycles. The number of methoxy groups -OCH3 is 1. The lowest BCUT2D eigenvalue weighted by molar-refractivity contribution is 0.117. The number of nitrogens with zero attached hydrogens (tertiary/aromatic N) is 2. The van der Waals surface area contributed by atoms with E-state index in [0.717, 1.165) is 31.8 Å². The van der Waals surface area contributed by atoms with Crippen molar-refractivity contribution >= 4 is 0 Å². The summed E-state index contributed by atoms with van der Waals surface area (Å²) in [6, 6.07) is 0. The zero-order valence-electron chi connectivity index (χ0n) is 11.2. The minimum absolute atomic E-state index is 0.191. The molecule has 4 nitrogen and oxygen atoms in total. The Kier molecular flexibility index (Phi) is 3.31. The number of fused-ring (bicyclic) bond motifs is 1. The normalized spacial score (nSPS) is 20.6. The van der Waals surface area contributed by atoms with Gasteiger partial charge in [-0.1, -0.05) is 0 Å². The lowest BCUT2D eigenvalue weighted by Gasteiger charge is -2.20. The van der Waals surface area contributed by atoms with Crippen molar-refractivity contribution in [2.24, 2.45) is 0 Å². The van der Waals surface area contributed by atoms with Crippen molar-refractivity contribution in [3.8, 4) is 0 Å². The van der Waals surface area contributed by atoms with Gasteiger partial charge < -0.3 is 10.1 Å². The van der Waals surface area contributed by atoms with Gasteiger partial charge in [-0.25, -0.2) is 9.97 Å². The van der Waals surface area contributed by atoms with Crippen molar-refractivity contribution < 1.29 is 4.74 Å². The smallest absolute Gasteiger partial charge is 0.131 e. The summed E-state index contributed by atoms with van der Waals surface area (Å²) in [6.45, 7) is 4.05. The van der Waals surface area contributed by atoms with Gasteiger partial charge in [0, 0.05) is 44.5 Å². The van der Waals surface area contributed by atoms with Crippen LogP contribution in [0.1, 0.15) is 48.5 Å². The van der Waals surface area contributed by atoms with E-state index in [0.29, 0.717) is 5.92 Å². The highest BCUT2D eigenvalue weighted by molar-refractivity contribution is 5.33. The average Bonchev–Trinajstić information content (AvgIpc) is 3.22. The SMILES string of the molecule is COC(C)Cc1nc2c(c(C3CC3)n1)CNCC2. The molecule has 0 radical (unpaired) electrons. The fourth-order valence-corrected chi connectivity index (χ4v) is 2.55. The van der Waals surface area contributed by atoms with Crippen LogP contribution in [-0.4, -0.2) is 29.7 Å². The molecule has 1 atom stereocenters. The number of ether oxygens (including phenoxy) is 1. The molecule has 0 spiro atoms.